The Kier molecular flexibility index (Phi) is 3.58. The van der Waals surface area contributed by atoms with Gasteiger partial charge in [-0.2, -0.15) is 5.26 Å². The zero-order valence-electron chi connectivity index (χ0n) is 10.5. The molecule has 1 unspecified atom stereocenters. The van der Waals surface area contributed by atoms with Crippen LogP contribution in [0.5, 0.6) is 5.75 Å². The second kappa shape index (κ2) is 5.16. The number of rotatable bonds is 4. The molecule has 1 saturated heterocycles. The van der Waals surface area contributed by atoms with Gasteiger partial charge in [0.05, 0.1) is 25.0 Å². The summed E-state index contributed by atoms with van der Waals surface area (Å²) in [6.45, 7) is 0.454. The molecule has 2 N–H and O–H groups in total. The summed E-state index contributed by atoms with van der Waals surface area (Å²) in [5, 5.41) is 21.3. The molecule has 1 aliphatic rings. The van der Waals surface area contributed by atoms with Crippen molar-refractivity contribution in [1.82, 2.24) is 0 Å². The summed E-state index contributed by atoms with van der Waals surface area (Å²) in [5.74, 6) is -0.433. The van der Waals surface area contributed by atoms with Crippen molar-refractivity contribution in [3.8, 4) is 11.8 Å². The first kappa shape index (κ1) is 13.2. The van der Waals surface area contributed by atoms with Gasteiger partial charge in [0.1, 0.15) is 11.8 Å². The molecule has 0 aromatic heterocycles. The van der Waals surface area contributed by atoms with Crippen LogP contribution >= 0.6 is 0 Å². The van der Waals surface area contributed by atoms with E-state index in [1.807, 2.05) is 6.07 Å². The van der Waals surface area contributed by atoms with Gasteiger partial charge in [-0.15, -0.1) is 0 Å². The van der Waals surface area contributed by atoms with Crippen molar-refractivity contribution in [2.75, 3.05) is 25.6 Å². The lowest BCUT2D eigenvalue weighted by Crippen LogP contribution is -2.47. The average molecular weight is 262 g/mol. The number of benzene rings is 1. The average Bonchev–Trinajstić information content (AvgIpc) is 2.88. The molecule has 19 heavy (non-hydrogen) atoms. The number of hydrogen-bond acceptors (Lipinski definition) is 5. The SMILES string of the molecule is COc1ccc(C#N)c(NC2(C(=O)O)CCOC2)c1. The minimum absolute atomic E-state index is 0.0738. The number of hydrogen-bond donors (Lipinski definition) is 2. The molecule has 100 valence electrons. The summed E-state index contributed by atoms with van der Waals surface area (Å²) in [6.07, 6.45) is 0.352. The number of aliphatic carboxylic acids is 1. The maximum Gasteiger partial charge on any atom is 0.331 e. The monoisotopic (exact) mass is 262 g/mol. The first-order chi connectivity index (χ1) is 9.11. The molecule has 0 bridgehead atoms. The van der Waals surface area contributed by atoms with Crippen molar-refractivity contribution in [2.24, 2.45) is 0 Å². The minimum atomic E-state index is -1.18. The van der Waals surface area contributed by atoms with Crippen LogP contribution in [0, 0.1) is 11.3 Å². The molecule has 1 heterocycles. The van der Waals surface area contributed by atoms with Crippen LogP contribution < -0.4 is 10.1 Å². The molecule has 1 atom stereocenters. The molecule has 6 nitrogen and oxygen atoms in total. The number of anilines is 1. The maximum atomic E-state index is 11.4. The number of carboxylic acid groups (broad SMARTS) is 1. The van der Waals surface area contributed by atoms with Crippen LogP contribution in [0.4, 0.5) is 5.69 Å². The second-order valence-electron chi connectivity index (χ2n) is 4.34. The Labute approximate surface area is 110 Å². The highest BCUT2D eigenvalue weighted by Gasteiger charge is 2.43. The predicted molar refractivity (Wildman–Crippen MR) is 67.1 cm³/mol. The molecule has 0 amide bonds. The van der Waals surface area contributed by atoms with E-state index in [-0.39, 0.29) is 6.61 Å². The van der Waals surface area contributed by atoms with Gasteiger partial charge in [0.25, 0.3) is 0 Å². The molecule has 6 heteroatoms. The van der Waals surface area contributed by atoms with Gasteiger partial charge in [-0.3, -0.25) is 0 Å². The third kappa shape index (κ3) is 2.46. The molecule has 1 aliphatic heterocycles. The van der Waals surface area contributed by atoms with Gasteiger partial charge in [-0.05, 0) is 12.1 Å². The molecule has 1 aromatic rings. The van der Waals surface area contributed by atoms with Gasteiger partial charge in [-0.25, -0.2) is 4.79 Å². The Morgan fingerprint density at radius 2 is 2.42 bits per heavy atom. The minimum Gasteiger partial charge on any atom is -0.497 e. The standard InChI is InChI=1S/C13H14N2O4/c1-18-10-3-2-9(7-14)11(6-10)15-13(12(16)17)4-5-19-8-13/h2-3,6,15H,4-5,8H2,1H3,(H,16,17). The van der Waals surface area contributed by atoms with E-state index in [2.05, 4.69) is 5.32 Å². The van der Waals surface area contributed by atoms with Crippen molar-refractivity contribution in [3.05, 3.63) is 23.8 Å². The number of methoxy groups -OCH3 is 1. The quantitative estimate of drug-likeness (QED) is 0.847. The number of carboxylic acids is 1. The highest BCUT2D eigenvalue weighted by Crippen LogP contribution is 2.29. The molecule has 0 saturated carbocycles. The van der Waals surface area contributed by atoms with Crippen LogP contribution in [0.1, 0.15) is 12.0 Å². The van der Waals surface area contributed by atoms with Crippen LogP contribution in [-0.2, 0) is 9.53 Å². The van der Waals surface area contributed by atoms with E-state index >= 15 is 0 Å². The topological polar surface area (TPSA) is 91.6 Å². The van der Waals surface area contributed by atoms with Gasteiger partial charge in [0, 0.05) is 19.1 Å². The van der Waals surface area contributed by atoms with E-state index in [9.17, 15) is 9.90 Å². The van der Waals surface area contributed by atoms with Gasteiger partial charge >= 0.3 is 5.97 Å². The van der Waals surface area contributed by atoms with Gasteiger partial charge in [0.15, 0.2) is 5.54 Å². The Morgan fingerprint density at radius 1 is 1.63 bits per heavy atom. The lowest BCUT2D eigenvalue weighted by Gasteiger charge is -2.25. The van der Waals surface area contributed by atoms with E-state index in [4.69, 9.17) is 14.7 Å². The molecule has 1 fully saturated rings. The lowest BCUT2D eigenvalue weighted by molar-refractivity contribution is -0.142. The normalized spacial score (nSPS) is 21.7. The Balaban J connectivity index is 2.36. The third-order valence-corrected chi connectivity index (χ3v) is 3.15. The molecule has 2 rings (SSSR count). The maximum absolute atomic E-state index is 11.4. The van der Waals surface area contributed by atoms with E-state index in [0.29, 0.717) is 30.0 Å². The van der Waals surface area contributed by atoms with Crippen molar-refractivity contribution in [1.29, 1.82) is 5.26 Å². The Bertz CT molecular complexity index is 530. The molecule has 1 aromatic carbocycles. The third-order valence-electron chi connectivity index (χ3n) is 3.15. The Hall–Kier alpha value is -2.26. The van der Waals surface area contributed by atoms with Gasteiger partial charge in [0.2, 0.25) is 0 Å². The molecular formula is C13H14N2O4. The first-order valence-corrected chi connectivity index (χ1v) is 5.79. The number of carbonyl (C=O) groups is 1. The van der Waals surface area contributed by atoms with Gasteiger partial charge < -0.3 is 19.9 Å². The van der Waals surface area contributed by atoms with Crippen molar-refractivity contribution in [2.45, 2.75) is 12.0 Å². The lowest BCUT2D eigenvalue weighted by atomic mass is 9.97. The van der Waals surface area contributed by atoms with Crippen molar-refractivity contribution >= 4 is 11.7 Å². The van der Waals surface area contributed by atoms with Crippen molar-refractivity contribution in [3.63, 3.8) is 0 Å². The van der Waals surface area contributed by atoms with Crippen LogP contribution in [0.2, 0.25) is 0 Å². The summed E-state index contributed by atoms with van der Waals surface area (Å²) in [7, 11) is 1.51. The summed E-state index contributed by atoms with van der Waals surface area (Å²) >= 11 is 0. The highest BCUT2D eigenvalue weighted by atomic mass is 16.5. The smallest absolute Gasteiger partial charge is 0.331 e. The molecule has 0 spiro atoms. The summed E-state index contributed by atoms with van der Waals surface area (Å²) in [6, 6.07) is 6.88. The van der Waals surface area contributed by atoms with E-state index < -0.39 is 11.5 Å². The van der Waals surface area contributed by atoms with E-state index in [0.717, 1.165) is 0 Å². The van der Waals surface area contributed by atoms with Crippen LogP contribution in [0.25, 0.3) is 0 Å². The van der Waals surface area contributed by atoms with Crippen molar-refractivity contribution < 1.29 is 19.4 Å². The summed E-state index contributed by atoms with van der Waals surface area (Å²) in [5.41, 5.74) is -0.374. The summed E-state index contributed by atoms with van der Waals surface area (Å²) in [4.78, 5) is 11.4. The van der Waals surface area contributed by atoms with Crippen LogP contribution in [0.3, 0.4) is 0 Å². The predicted octanol–water partition coefficient (Wildman–Crippen LogP) is 1.22. The summed E-state index contributed by atoms with van der Waals surface area (Å²) < 4.78 is 10.3. The zero-order valence-corrected chi connectivity index (χ0v) is 10.5. The molecule has 0 radical (unpaired) electrons. The fourth-order valence-electron chi connectivity index (χ4n) is 1.99. The van der Waals surface area contributed by atoms with E-state index in [1.54, 1.807) is 18.2 Å². The second-order valence-corrected chi connectivity index (χ2v) is 4.34. The molecular weight excluding hydrogens is 248 g/mol. The largest absolute Gasteiger partial charge is 0.497 e. The zero-order chi connectivity index (χ0) is 13.9. The van der Waals surface area contributed by atoms with Gasteiger partial charge in [-0.1, -0.05) is 0 Å². The number of ether oxygens (including phenoxy) is 2. The number of nitriles is 1. The number of nitrogens with one attached hydrogen (secondary N) is 1. The van der Waals surface area contributed by atoms with Crippen LogP contribution in [-0.4, -0.2) is 36.9 Å². The van der Waals surface area contributed by atoms with E-state index in [1.165, 1.54) is 7.11 Å². The fraction of sp³-hybridized carbons (Fsp3) is 0.385. The molecule has 0 aliphatic carbocycles. The Morgan fingerprint density at radius 3 is 2.95 bits per heavy atom. The van der Waals surface area contributed by atoms with Crippen LogP contribution in [0.15, 0.2) is 18.2 Å². The first-order valence-electron chi connectivity index (χ1n) is 5.79. The fourth-order valence-corrected chi connectivity index (χ4v) is 1.99. The number of nitrogens with zero attached hydrogens (tertiary/aromatic N) is 1. The highest BCUT2D eigenvalue weighted by molar-refractivity contribution is 5.84.